The molecule has 3 heterocycles. The Morgan fingerprint density at radius 2 is 1.47 bits per heavy atom. The first kappa shape index (κ1) is 21.6. The van der Waals surface area contributed by atoms with Crippen LogP contribution in [0.5, 0.6) is 5.75 Å². The van der Waals surface area contributed by atoms with Crippen LogP contribution in [0.1, 0.15) is 24.8 Å². The number of morpholine rings is 2. The molecule has 166 valence electrons. The summed E-state index contributed by atoms with van der Waals surface area (Å²) in [7, 11) is 0. The van der Waals surface area contributed by atoms with E-state index in [9.17, 15) is 4.79 Å². The summed E-state index contributed by atoms with van der Waals surface area (Å²) in [6.45, 7) is 9.25. The molecule has 0 aliphatic carbocycles. The van der Waals surface area contributed by atoms with Crippen molar-refractivity contribution in [2.75, 3.05) is 79.0 Å². The molecule has 7 heteroatoms. The van der Waals surface area contributed by atoms with Gasteiger partial charge in [-0.3, -0.25) is 9.69 Å². The molecule has 0 saturated carbocycles. The SMILES string of the molecule is O=C(N1CCOCC1)C1(c2ccc(OCCCN3CCOCC3)cc2)CCOCC1. The van der Waals surface area contributed by atoms with Gasteiger partial charge in [-0.15, -0.1) is 0 Å². The van der Waals surface area contributed by atoms with E-state index < -0.39 is 5.41 Å². The van der Waals surface area contributed by atoms with E-state index in [0.717, 1.165) is 63.4 Å². The van der Waals surface area contributed by atoms with Crippen molar-refractivity contribution in [2.45, 2.75) is 24.7 Å². The van der Waals surface area contributed by atoms with Gasteiger partial charge in [-0.05, 0) is 37.0 Å². The van der Waals surface area contributed by atoms with E-state index in [1.807, 2.05) is 17.0 Å². The van der Waals surface area contributed by atoms with Crippen molar-refractivity contribution < 1.29 is 23.7 Å². The van der Waals surface area contributed by atoms with Crippen LogP contribution in [0.3, 0.4) is 0 Å². The van der Waals surface area contributed by atoms with Crippen LogP contribution >= 0.6 is 0 Å². The largest absolute Gasteiger partial charge is 0.494 e. The summed E-state index contributed by atoms with van der Waals surface area (Å²) in [5.41, 5.74) is 0.577. The second-order valence-corrected chi connectivity index (χ2v) is 8.28. The van der Waals surface area contributed by atoms with Crippen LogP contribution in [-0.2, 0) is 24.4 Å². The Morgan fingerprint density at radius 3 is 2.13 bits per heavy atom. The zero-order valence-electron chi connectivity index (χ0n) is 17.9. The van der Waals surface area contributed by atoms with Crippen LogP contribution in [0.25, 0.3) is 0 Å². The van der Waals surface area contributed by atoms with Gasteiger partial charge in [0.15, 0.2) is 0 Å². The maximum absolute atomic E-state index is 13.5. The van der Waals surface area contributed by atoms with Gasteiger partial charge in [-0.2, -0.15) is 0 Å². The average molecular weight is 419 g/mol. The second-order valence-electron chi connectivity index (χ2n) is 8.28. The normalized spacial score (nSPS) is 22.6. The summed E-state index contributed by atoms with van der Waals surface area (Å²) in [5.74, 6) is 1.08. The molecule has 0 radical (unpaired) electrons. The quantitative estimate of drug-likeness (QED) is 0.628. The highest BCUT2D eigenvalue weighted by molar-refractivity contribution is 5.88. The van der Waals surface area contributed by atoms with Crippen LogP contribution in [-0.4, -0.2) is 94.7 Å². The minimum Gasteiger partial charge on any atom is -0.494 e. The van der Waals surface area contributed by atoms with Gasteiger partial charge in [0.25, 0.3) is 0 Å². The topological polar surface area (TPSA) is 60.5 Å². The number of benzene rings is 1. The molecule has 1 aromatic rings. The van der Waals surface area contributed by atoms with Crippen LogP contribution in [0, 0.1) is 0 Å². The number of ether oxygens (including phenoxy) is 4. The van der Waals surface area contributed by atoms with Gasteiger partial charge in [-0.25, -0.2) is 0 Å². The number of carbonyl (C=O) groups excluding carboxylic acids is 1. The second kappa shape index (κ2) is 10.6. The van der Waals surface area contributed by atoms with Crippen molar-refractivity contribution in [3.63, 3.8) is 0 Å². The Morgan fingerprint density at radius 1 is 0.867 bits per heavy atom. The predicted molar refractivity (Wildman–Crippen MR) is 113 cm³/mol. The maximum Gasteiger partial charge on any atom is 0.233 e. The lowest BCUT2D eigenvalue weighted by Crippen LogP contribution is -2.53. The van der Waals surface area contributed by atoms with E-state index in [1.54, 1.807) is 0 Å². The fourth-order valence-corrected chi connectivity index (χ4v) is 4.59. The highest BCUT2D eigenvalue weighted by atomic mass is 16.5. The zero-order valence-corrected chi connectivity index (χ0v) is 17.9. The van der Waals surface area contributed by atoms with Gasteiger partial charge in [0.2, 0.25) is 5.91 Å². The van der Waals surface area contributed by atoms with Crippen LogP contribution < -0.4 is 4.74 Å². The molecule has 0 bridgehead atoms. The third kappa shape index (κ3) is 5.14. The van der Waals surface area contributed by atoms with Crippen molar-refractivity contribution in [1.29, 1.82) is 0 Å². The highest BCUT2D eigenvalue weighted by Gasteiger charge is 2.44. The molecule has 30 heavy (non-hydrogen) atoms. The summed E-state index contributed by atoms with van der Waals surface area (Å²) < 4.78 is 22.4. The Balaban J connectivity index is 1.35. The lowest BCUT2D eigenvalue weighted by molar-refractivity contribution is -0.145. The van der Waals surface area contributed by atoms with E-state index in [0.29, 0.717) is 46.1 Å². The molecule has 3 fully saturated rings. The molecular formula is C23H34N2O5. The Bertz CT molecular complexity index is 663. The number of hydrogen-bond donors (Lipinski definition) is 0. The predicted octanol–water partition coefficient (Wildman–Crippen LogP) is 1.69. The molecule has 3 saturated heterocycles. The fraction of sp³-hybridized carbons (Fsp3) is 0.696. The number of hydrogen-bond acceptors (Lipinski definition) is 6. The smallest absolute Gasteiger partial charge is 0.233 e. The van der Waals surface area contributed by atoms with Gasteiger partial charge < -0.3 is 23.8 Å². The van der Waals surface area contributed by atoms with Crippen LogP contribution in [0.4, 0.5) is 0 Å². The lowest BCUT2D eigenvalue weighted by atomic mass is 9.73. The van der Waals surface area contributed by atoms with Crippen molar-refractivity contribution >= 4 is 5.91 Å². The molecule has 0 unspecified atom stereocenters. The Kier molecular flexibility index (Phi) is 7.60. The molecule has 0 spiro atoms. The molecule has 0 aromatic heterocycles. The van der Waals surface area contributed by atoms with E-state index >= 15 is 0 Å². The molecule has 0 atom stereocenters. The Hall–Kier alpha value is -1.67. The number of carbonyl (C=O) groups is 1. The molecule has 3 aliphatic rings. The van der Waals surface area contributed by atoms with Gasteiger partial charge in [0.05, 0.1) is 38.4 Å². The van der Waals surface area contributed by atoms with Crippen molar-refractivity contribution in [3.8, 4) is 5.75 Å². The fourth-order valence-electron chi connectivity index (χ4n) is 4.59. The summed E-state index contributed by atoms with van der Waals surface area (Å²) >= 11 is 0. The van der Waals surface area contributed by atoms with Gasteiger partial charge in [0.1, 0.15) is 5.75 Å². The summed E-state index contributed by atoms with van der Waals surface area (Å²) in [6.07, 6.45) is 2.45. The van der Waals surface area contributed by atoms with Crippen molar-refractivity contribution in [2.24, 2.45) is 0 Å². The summed E-state index contributed by atoms with van der Waals surface area (Å²) in [5, 5.41) is 0. The minimum absolute atomic E-state index is 0.216. The molecule has 3 aliphatic heterocycles. The van der Waals surface area contributed by atoms with Crippen molar-refractivity contribution in [3.05, 3.63) is 29.8 Å². The first-order valence-corrected chi connectivity index (χ1v) is 11.3. The van der Waals surface area contributed by atoms with Gasteiger partial charge in [-0.1, -0.05) is 12.1 Å². The highest BCUT2D eigenvalue weighted by Crippen LogP contribution is 2.37. The van der Waals surface area contributed by atoms with Gasteiger partial charge >= 0.3 is 0 Å². The van der Waals surface area contributed by atoms with Crippen LogP contribution in [0.15, 0.2) is 24.3 Å². The minimum atomic E-state index is -0.496. The summed E-state index contributed by atoms with van der Waals surface area (Å²) in [6, 6.07) is 8.16. The Labute approximate surface area is 179 Å². The van der Waals surface area contributed by atoms with Crippen LogP contribution in [0.2, 0.25) is 0 Å². The van der Waals surface area contributed by atoms with E-state index in [1.165, 1.54) is 0 Å². The average Bonchev–Trinajstić information content (AvgIpc) is 2.83. The molecule has 7 nitrogen and oxygen atoms in total. The third-order valence-corrected chi connectivity index (χ3v) is 6.45. The van der Waals surface area contributed by atoms with E-state index in [4.69, 9.17) is 18.9 Å². The molecule has 1 aromatic carbocycles. The summed E-state index contributed by atoms with van der Waals surface area (Å²) in [4.78, 5) is 17.9. The number of rotatable bonds is 7. The monoisotopic (exact) mass is 418 g/mol. The first-order valence-electron chi connectivity index (χ1n) is 11.3. The number of nitrogens with zero attached hydrogens (tertiary/aromatic N) is 2. The maximum atomic E-state index is 13.5. The molecule has 4 rings (SSSR count). The standard InChI is InChI=1S/C23H34N2O5/c26-22(25-11-18-29-19-12-25)23(6-14-27-15-7-23)20-2-4-21(5-3-20)30-13-1-8-24-9-16-28-17-10-24/h2-5H,1,6-19H2. The molecular weight excluding hydrogens is 384 g/mol. The van der Waals surface area contributed by atoms with Crippen molar-refractivity contribution in [1.82, 2.24) is 9.80 Å². The number of amides is 1. The molecule has 1 amide bonds. The third-order valence-electron chi connectivity index (χ3n) is 6.45. The van der Waals surface area contributed by atoms with Gasteiger partial charge in [0, 0.05) is 45.9 Å². The van der Waals surface area contributed by atoms with E-state index in [-0.39, 0.29) is 5.91 Å². The first-order chi connectivity index (χ1) is 14.8. The molecule has 0 N–H and O–H groups in total. The zero-order chi connectivity index (χ0) is 20.7. The van der Waals surface area contributed by atoms with E-state index in [2.05, 4.69) is 17.0 Å². The lowest BCUT2D eigenvalue weighted by Gasteiger charge is -2.41.